The van der Waals surface area contributed by atoms with Gasteiger partial charge in [-0.2, -0.15) is 10.5 Å². The van der Waals surface area contributed by atoms with Gasteiger partial charge in [0.25, 0.3) is 0 Å². The summed E-state index contributed by atoms with van der Waals surface area (Å²) in [5, 5.41) is 24.9. The van der Waals surface area contributed by atoms with Crippen molar-refractivity contribution in [2.75, 3.05) is 0 Å². The minimum absolute atomic E-state index is 0.523. The van der Waals surface area contributed by atoms with E-state index >= 15 is 0 Å². The van der Waals surface area contributed by atoms with Gasteiger partial charge in [-0.1, -0.05) is 84.9 Å². The second-order valence-electron chi connectivity index (χ2n) is 12.3. The van der Waals surface area contributed by atoms with Gasteiger partial charge >= 0.3 is 0 Å². The first-order valence-corrected chi connectivity index (χ1v) is 16.3. The maximum Gasteiger partial charge on any atom is 0.188 e. The van der Waals surface area contributed by atoms with Crippen molar-refractivity contribution < 1.29 is 0 Å². The van der Waals surface area contributed by atoms with Crippen molar-refractivity contribution in [1.82, 2.24) is 9.13 Å². The first-order chi connectivity index (χ1) is 24.7. The summed E-state index contributed by atoms with van der Waals surface area (Å²) in [5.41, 5.74) is 11.1. The van der Waals surface area contributed by atoms with E-state index in [0.29, 0.717) is 16.8 Å². The lowest BCUT2D eigenvalue weighted by Gasteiger charge is -2.18. The van der Waals surface area contributed by atoms with Crippen molar-refractivity contribution in [3.05, 3.63) is 174 Å². The van der Waals surface area contributed by atoms with Gasteiger partial charge in [0.2, 0.25) is 0 Å². The molecule has 0 aliphatic rings. The third kappa shape index (κ3) is 4.31. The Morgan fingerprint density at radius 3 is 1.76 bits per heavy atom. The summed E-state index contributed by atoms with van der Waals surface area (Å²) in [4.78, 5) is 3.69. The standard InChI is InChI=1S/C45H25N5/c1-48-32-20-24-44-39(26-32)36-12-4-7-16-42(36)50(44)43-23-17-29(27-46)25-38(43)37-13-8-9-31(28-47)45(37)30-18-21-33(22-19-30)49-40-14-5-2-10-34(40)35-11-3-6-15-41(35)49/h2-26H. The molecule has 0 N–H and O–H groups in total. The van der Waals surface area contributed by atoms with Gasteiger partial charge in [-0.3, -0.25) is 0 Å². The molecule has 0 saturated carbocycles. The van der Waals surface area contributed by atoms with Gasteiger partial charge in [-0.05, 0) is 83.2 Å². The summed E-state index contributed by atoms with van der Waals surface area (Å²) in [6.07, 6.45) is 0. The third-order valence-electron chi connectivity index (χ3n) is 9.62. The normalized spacial score (nSPS) is 11.1. The van der Waals surface area contributed by atoms with E-state index in [0.717, 1.165) is 66.5 Å². The molecule has 0 aliphatic carbocycles. The maximum absolute atomic E-state index is 10.4. The number of fused-ring (bicyclic) bond motifs is 6. The molecule has 2 aromatic heterocycles. The average Bonchev–Trinajstić information content (AvgIpc) is 3.70. The predicted octanol–water partition coefficient (Wildman–Crippen LogP) is 11.5. The monoisotopic (exact) mass is 635 g/mol. The molecule has 0 aliphatic heterocycles. The van der Waals surface area contributed by atoms with Crippen LogP contribution in [0.2, 0.25) is 0 Å². The molecule has 5 heteroatoms. The summed E-state index contributed by atoms with van der Waals surface area (Å²) in [6.45, 7) is 7.62. The van der Waals surface area contributed by atoms with Gasteiger partial charge in [-0.25, -0.2) is 4.85 Å². The first-order valence-electron chi connectivity index (χ1n) is 16.3. The summed E-state index contributed by atoms with van der Waals surface area (Å²) < 4.78 is 4.48. The molecule has 9 aromatic rings. The molecule has 230 valence electrons. The first kappa shape index (κ1) is 28.8. The van der Waals surface area contributed by atoms with Crippen molar-refractivity contribution in [2.45, 2.75) is 0 Å². The van der Waals surface area contributed by atoms with Crippen molar-refractivity contribution in [3.63, 3.8) is 0 Å². The van der Waals surface area contributed by atoms with E-state index < -0.39 is 0 Å². The van der Waals surface area contributed by atoms with Crippen LogP contribution in [-0.4, -0.2) is 9.13 Å². The fraction of sp³-hybridized carbons (Fsp3) is 0. The number of rotatable bonds is 4. The lowest BCUT2D eigenvalue weighted by molar-refractivity contribution is 1.18. The molecule has 7 aromatic carbocycles. The summed E-state index contributed by atoms with van der Waals surface area (Å²) in [6, 6.07) is 55.5. The van der Waals surface area contributed by atoms with Gasteiger partial charge in [-0.15, -0.1) is 0 Å². The zero-order chi connectivity index (χ0) is 33.8. The maximum atomic E-state index is 10.4. The highest BCUT2D eigenvalue weighted by atomic mass is 15.0. The van der Waals surface area contributed by atoms with Gasteiger partial charge < -0.3 is 9.13 Å². The number of hydrogen-bond acceptors (Lipinski definition) is 2. The van der Waals surface area contributed by atoms with Crippen molar-refractivity contribution >= 4 is 49.3 Å². The zero-order valence-electron chi connectivity index (χ0n) is 26.7. The van der Waals surface area contributed by atoms with Crippen LogP contribution >= 0.6 is 0 Å². The fourth-order valence-electron chi connectivity index (χ4n) is 7.47. The topological polar surface area (TPSA) is 61.8 Å². The lowest BCUT2D eigenvalue weighted by Crippen LogP contribution is -2.00. The van der Waals surface area contributed by atoms with Crippen LogP contribution < -0.4 is 0 Å². The summed E-state index contributed by atoms with van der Waals surface area (Å²) >= 11 is 0. The molecule has 2 heterocycles. The van der Waals surface area contributed by atoms with Gasteiger partial charge in [0.1, 0.15) is 0 Å². The molecular weight excluding hydrogens is 611 g/mol. The average molecular weight is 636 g/mol. The van der Waals surface area contributed by atoms with E-state index in [1.54, 1.807) is 0 Å². The molecule has 0 radical (unpaired) electrons. The predicted molar refractivity (Wildman–Crippen MR) is 202 cm³/mol. The number of nitriles is 2. The minimum Gasteiger partial charge on any atom is -0.309 e. The molecule has 0 amide bonds. The van der Waals surface area contributed by atoms with E-state index in [4.69, 9.17) is 6.57 Å². The Bertz CT molecular complexity index is 2900. The molecule has 50 heavy (non-hydrogen) atoms. The smallest absolute Gasteiger partial charge is 0.188 e. The highest BCUT2D eigenvalue weighted by Gasteiger charge is 2.21. The molecule has 9 rings (SSSR count). The highest BCUT2D eigenvalue weighted by Crippen LogP contribution is 2.42. The molecular formula is C45H25N5. The number of hydrogen-bond donors (Lipinski definition) is 0. The Kier molecular flexibility index (Phi) is 6.56. The summed E-state index contributed by atoms with van der Waals surface area (Å²) in [7, 11) is 0. The van der Waals surface area contributed by atoms with Gasteiger partial charge in [0, 0.05) is 33.0 Å². The molecule has 0 saturated heterocycles. The SMILES string of the molecule is [C-]#[N+]c1ccc2c(c1)c1ccccc1n2-c1ccc(C#N)cc1-c1cccc(C#N)c1-c1ccc(-n2c3ccccc3c3ccccc32)cc1. The highest BCUT2D eigenvalue weighted by molar-refractivity contribution is 6.11. The van der Waals surface area contributed by atoms with Crippen LogP contribution in [0.5, 0.6) is 0 Å². The van der Waals surface area contributed by atoms with Crippen LogP contribution in [0.15, 0.2) is 152 Å². The van der Waals surface area contributed by atoms with Crippen LogP contribution in [0.1, 0.15) is 11.1 Å². The van der Waals surface area contributed by atoms with Crippen molar-refractivity contribution in [1.29, 1.82) is 10.5 Å². The Balaban J connectivity index is 1.27. The molecule has 0 atom stereocenters. The second kappa shape index (κ2) is 11.4. The van der Waals surface area contributed by atoms with Crippen LogP contribution in [0.4, 0.5) is 5.69 Å². The molecule has 0 spiro atoms. The van der Waals surface area contributed by atoms with E-state index in [2.05, 4.69) is 111 Å². The summed E-state index contributed by atoms with van der Waals surface area (Å²) in [5.74, 6) is 0. The third-order valence-corrected chi connectivity index (χ3v) is 9.62. The Morgan fingerprint density at radius 2 is 1.12 bits per heavy atom. The molecule has 5 nitrogen and oxygen atoms in total. The van der Waals surface area contributed by atoms with E-state index in [9.17, 15) is 10.5 Å². The molecule has 0 bridgehead atoms. The fourth-order valence-corrected chi connectivity index (χ4v) is 7.47. The van der Waals surface area contributed by atoms with Gasteiger partial charge in [0.15, 0.2) is 5.69 Å². The molecule has 0 fully saturated rings. The van der Waals surface area contributed by atoms with Crippen molar-refractivity contribution in [2.24, 2.45) is 0 Å². The van der Waals surface area contributed by atoms with Crippen LogP contribution in [-0.2, 0) is 0 Å². The number of para-hydroxylation sites is 3. The van der Waals surface area contributed by atoms with E-state index in [1.165, 1.54) is 10.8 Å². The Morgan fingerprint density at radius 1 is 0.500 bits per heavy atom. The van der Waals surface area contributed by atoms with Crippen LogP contribution in [0, 0.1) is 29.2 Å². The quantitative estimate of drug-likeness (QED) is 0.181. The van der Waals surface area contributed by atoms with Crippen LogP contribution in [0.25, 0.3) is 82.1 Å². The van der Waals surface area contributed by atoms with E-state index in [-0.39, 0.29) is 0 Å². The zero-order valence-corrected chi connectivity index (χ0v) is 26.7. The number of nitrogens with zero attached hydrogens (tertiary/aromatic N) is 5. The van der Waals surface area contributed by atoms with Gasteiger partial charge in [0.05, 0.1) is 57.6 Å². The Hall–Kier alpha value is -7.39. The van der Waals surface area contributed by atoms with E-state index in [1.807, 2.05) is 66.7 Å². The lowest BCUT2D eigenvalue weighted by atomic mass is 9.89. The Labute approximate surface area is 288 Å². The molecule has 0 unspecified atom stereocenters. The van der Waals surface area contributed by atoms with Crippen LogP contribution in [0.3, 0.4) is 0 Å². The largest absolute Gasteiger partial charge is 0.309 e. The minimum atomic E-state index is 0.523. The second-order valence-corrected chi connectivity index (χ2v) is 12.3. The van der Waals surface area contributed by atoms with Crippen molar-refractivity contribution in [3.8, 4) is 45.8 Å². The number of aromatic nitrogens is 2. The number of benzene rings is 7.